The van der Waals surface area contributed by atoms with Crippen LogP contribution in [0.1, 0.15) is 24.2 Å². The lowest BCUT2D eigenvalue weighted by atomic mass is 10.2. The smallest absolute Gasteiger partial charge is 0.260 e. The summed E-state index contributed by atoms with van der Waals surface area (Å²) in [5, 5.41) is 2.43. The molecule has 0 fully saturated rings. The van der Waals surface area contributed by atoms with E-state index in [9.17, 15) is 13.2 Å². The predicted octanol–water partition coefficient (Wildman–Crippen LogP) is 4.67. The van der Waals surface area contributed by atoms with Crippen molar-refractivity contribution in [1.29, 1.82) is 0 Å². The number of hydrogen-bond donors (Lipinski definition) is 0. The van der Waals surface area contributed by atoms with Crippen LogP contribution in [0.3, 0.4) is 0 Å². The van der Waals surface area contributed by atoms with E-state index in [4.69, 9.17) is 0 Å². The van der Waals surface area contributed by atoms with Crippen LogP contribution in [0.4, 0.5) is 5.13 Å². The van der Waals surface area contributed by atoms with Gasteiger partial charge in [-0.05, 0) is 18.2 Å². The number of nitrogens with zero attached hydrogens (tertiary/aromatic N) is 3. The van der Waals surface area contributed by atoms with Crippen LogP contribution >= 0.6 is 11.3 Å². The van der Waals surface area contributed by atoms with Crippen LogP contribution in [-0.2, 0) is 10.0 Å². The Labute approximate surface area is 187 Å². The van der Waals surface area contributed by atoms with Gasteiger partial charge in [0.05, 0.1) is 10.6 Å². The maximum absolute atomic E-state index is 13.3. The summed E-state index contributed by atoms with van der Waals surface area (Å²) in [6.07, 6.45) is 1.62. The van der Waals surface area contributed by atoms with Gasteiger partial charge in [-0.2, -0.15) is 4.31 Å². The molecule has 3 aromatic rings. The molecular weight excluding hydrogens is 430 g/mol. The van der Waals surface area contributed by atoms with E-state index in [0.29, 0.717) is 18.2 Å². The molecule has 0 spiro atoms. The van der Waals surface area contributed by atoms with E-state index in [1.807, 2.05) is 35.7 Å². The van der Waals surface area contributed by atoms with Crippen molar-refractivity contribution in [3.8, 4) is 11.3 Å². The third-order valence-electron chi connectivity index (χ3n) is 4.77. The standard InChI is InChI=1S/C23H25N3O3S2/c1-4-15-26(23-24-21(17-30-23)18-11-8-7-9-12-18)22(27)19-13-10-14-20(16-19)31(28,29)25(5-2)6-3/h4,7-14,16-17H,1,5-6,15H2,2-3H3. The van der Waals surface area contributed by atoms with Gasteiger partial charge in [0.15, 0.2) is 5.13 Å². The van der Waals surface area contributed by atoms with Crippen LogP contribution in [0.2, 0.25) is 0 Å². The van der Waals surface area contributed by atoms with E-state index >= 15 is 0 Å². The van der Waals surface area contributed by atoms with Gasteiger partial charge >= 0.3 is 0 Å². The van der Waals surface area contributed by atoms with Crippen molar-refractivity contribution in [3.05, 3.63) is 78.2 Å². The molecule has 0 radical (unpaired) electrons. The summed E-state index contributed by atoms with van der Waals surface area (Å²) in [4.78, 5) is 19.5. The highest BCUT2D eigenvalue weighted by Crippen LogP contribution is 2.29. The highest BCUT2D eigenvalue weighted by atomic mass is 32.2. The van der Waals surface area contributed by atoms with Gasteiger partial charge < -0.3 is 0 Å². The summed E-state index contributed by atoms with van der Waals surface area (Å²) >= 11 is 1.36. The number of carbonyl (C=O) groups excluding carboxylic acids is 1. The zero-order valence-corrected chi connectivity index (χ0v) is 19.2. The van der Waals surface area contributed by atoms with Crippen molar-refractivity contribution in [3.63, 3.8) is 0 Å². The minimum absolute atomic E-state index is 0.102. The zero-order chi connectivity index (χ0) is 22.4. The molecule has 3 rings (SSSR count). The Morgan fingerprint density at radius 1 is 1.10 bits per heavy atom. The van der Waals surface area contributed by atoms with Crippen molar-refractivity contribution in [1.82, 2.24) is 9.29 Å². The second-order valence-electron chi connectivity index (χ2n) is 6.70. The predicted molar refractivity (Wildman–Crippen MR) is 126 cm³/mol. The molecule has 2 aromatic carbocycles. The summed E-state index contributed by atoms with van der Waals surface area (Å²) < 4.78 is 27.1. The molecule has 0 aliphatic heterocycles. The molecule has 162 valence electrons. The molecule has 6 nitrogen and oxygen atoms in total. The lowest BCUT2D eigenvalue weighted by Gasteiger charge is -2.20. The molecule has 0 unspecified atom stereocenters. The molecule has 0 saturated carbocycles. The molecule has 31 heavy (non-hydrogen) atoms. The second kappa shape index (κ2) is 10.00. The Bertz CT molecular complexity index is 1150. The number of benzene rings is 2. The van der Waals surface area contributed by atoms with E-state index in [0.717, 1.165) is 11.3 Å². The van der Waals surface area contributed by atoms with Gasteiger partial charge in [-0.15, -0.1) is 17.9 Å². The van der Waals surface area contributed by atoms with Crippen LogP contribution in [0.25, 0.3) is 11.3 Å². The number of aromatic nitrogens is 1. The van der Waals surface area contributed by atoms with Gasteiger partial charge in [-0.25, -0.2) is 13.4 Å². The fourth-order valence-corrected chi connectivity index (χ4v) is 5.51. The summed E-state index contributed by atoms with van der Waals surface area (Å²) in [5.74, 6) is -0.328. The first-order chi connectivity index (χ1) is 14.9. The lowest BCUT2D eigenvalue weighted by molar-refractivity contribution is 0.0989. The van der Waals surface area contributed by atoms with Gasteiger partial charge in [0.1, 0.15) is 0 Å². The molecule has 0 saturated heterocycles. The Morgan fingerprint density at radius 2 is 1.81 bits per heavy atom. The molecule has 1 aromatic heterocycles. The average molecular weight is 456 g/mol. The zero-order valence-electron chi connectivity index (χ0n) is 17.6. The topological polar surface area (TPSA) is 70.6 Å². The number of carbonyl (C=O) groups is 1. The van der Waals surface area contributed by atoms with Crippen molar-refractivity contribution in [2.24, 2.45) is 0 Å². The van der Waals surface area contributed by atoms with E-state index in [1.165, 1.54) is 32.7 Å². The van der Waals surface area contributed by atoms with Crippen LogP contribution < -0.4 is 4.90 Å². The van der Waals surface area contributed by atoms with Gasteiger partial charge in [-0.3, -0.25) is 9.69 Å². The average Bonchev–Trinajstić information content (AvgIpc) is 3.28. The Kier molecular flexibility index (Phi) is 7.37. The Morgan fingerprint density at radius 3 is 2.45 bits per heavy atom. The maximum Gasteiger partial charge on any atom is 0.260 e. The fraction of sp³-hybridized carbons (Fsp3) is 0.217. The fourth-order valence-electron chi connectivity index (χ4n) is 3.16. The maximum atomic E-state index is 13.3. The largest absolute Gasteiger partial charge is 0.280 e. The molecule has 8 heteroatoms. The number of anilines is 1. The number of amides is 1. The van der Waals surface area contributed by atoms with Crippen molar-refractivity contribution >= 4 is 32.4 Å². The number of rotatable bonds is 9. The Balaban J connectivity index is 1.95. The summed E-state index contributed by atoms with van der Waals surface area (Å²) in [7, 11) is -3.66. The van der Waals surface area contributed by atoms with Crippen LogP contribution in [0, 0.1) is 0 Å². The van der Waals surface area contributed by atoms with Crippen LogP contribution in [-0.4, -0.2) is 43.2 Å². The molecule has 1 heterocycles. The van der Waals surface area contributed by atoms with Gasteiger partial charge in [-0.1, -0.05) is 56.3 Å². The molecule has 0 N–H and O–H groups in total. The van der Waals surface area contributed by atoms with E-state index in [-0.39, 0.29) is 22.9 Å². The third-order valence-corrected chi connectivity index (χ3v) is 7.68. The number of hydrogen-bond acceptors (Lipinski definition) is 5. The number of sulfonamides is 1. The first kappa shape index (κ1) is 22.9. The number of thiazole rings is 1. The minimum Gasteiger partial charge on any atom is -0.280 e. The van der Waals surface area contributed by atoms with Crippen molar-refractivity contribution in [2.75, 3.05) is 24.5 Å². The third kappa shape index (κ3) is 4.92. The molecule has 1 amide bonds. The minimum atomic E-state index is -3.66. The van der Waals surface area contributed by atoms with Crippen LogP contribution in [0.5, 0.6) is 0 Å². The van der Waals surface area contributed by atoms with Crippen molar-refractivity contribution in [2.45, 2.75) is 18.7 Å². The van der Waals surface area contributed by atoms with E-state index in [2.05, 4.69) is 11.6 Å². The van der Waals surface area contributed by atoms with Gasteiger partial charge in [0.25, 0.3) is 5.91 Å². The lowest BCUT2D eigenvalue weighted by Crippen LogP contribution is -2.32. The normalized spacial score (nSPS) is 11.5. The monoisotopic (exact) mass is 455 g/mol. The second-order valence-corrected chi connectivity index (χ2v) is 9.48. The molecule has 0 bridgehead atoms. The molecular formula is C23H25N3O3S2. The summed E-state index contributed by atoms with van der Waals surface area (Å²) in [5.41, 5.74) is 2.02. The SMILES string of the molecule is C=CCN(C(=O)c1cccc(S(=O)(=O)N(CC)CC)c1)c1nc(-c2ccccc2)cs1. The van der Waals surface area contributed by atoms with Gasteiger partial charge in [0, 0.05) is 36.1 Å². The van der Waals surface area contributed by atoms with Crippen LogP contribution in [0.15, 0.2) is 77.5 Å². The molecule has 0 aliphatic rings. The molecule has 0 atom stereocenters. The first-order valence-electron chi connectivity index (χ1n) is 9.96. The highest BCUT2D eigenvalue weighted by Gasteiger charge is 2.25. The highest BCUT2D eigenvalue weighted by molar-refractivity contribution is 7.89. The van der Waals surface area contributed by atoms with Gasteiger partial charge in [0.2, 0.25) is 10.0 Å². The van der Waals surface area contributed by atoms with E-state index in [1.54, 1.807) is 32.1 Å². The first-order valence-corrected chi connectivity index (χ1v) is 12.3. The summed E-state index contributed by atoms with van der Waals surface area (Å²) in [6.45, 7) is 8.30. The quantitative estimate of drug-likeness (QED) is 0.440. The van der Waals surface area contributed by atoms with E-state index < -0.39 is 10.0 Å². The molecule has 0 aliphatic carbocycles. The summed E-state index contributed by atoms with van der Waals surface area (Å²) in [6, 6.07) is 15.9. The Hall–Kier alpha value is -2.81. The van der Waals surface area contributed by atoms with Crippen molar-refractivity contribution < 1.29 is 13.2 Å².